The van der Waals surface area contributed by atoms with Crippen molar-refractivity contribution < 1.29 is 9.90 Å². The van der Waals surface area contributed by atoms with Crippen molar-refractivity contribution in [3.63, 3.8) is 0 Å². The van der Waals surface area contributed by atoms with E-state index >= 15 is 0 Å². The van der Waals surface area contributed by atoms with Crippen molar-refractivity contribution in [2.24, 2.45) is 0 Å². The molecule has 2 unspecified atom stereocenters. The molecule has 0 aliphatic carbocycles. The van der Waals surface area contributed by atoms with Crippen LogP contribution in [0.5, 0.6) is 0 Å². The molecule has 0 fully saturated rings. The Morgan fingerprint density at radius 1 is 1.38 bits per heavy atom. The van der Waals surface area contributed by atoms with Gasteiger partial charge in [0, 0.05) is 24.1 Å². The number of amides is 2. The van der Waals surface area contributed by atoms with Crippen molar-refractivity contribution in [3.8, 4) is 0 Å². The average Bonchev–Trinajstić information content (AvgIpc) is 2.91. The second kappa shape index (κ2) is 6.90. The highest BCUT2D eigenvalue weighted by Gasteiger charge is 2.09. The van der Waals surface area contributed by atoms with Gasteiger partial charge in [-0.25, -0.2) is 4.79 Å². The van der Waals surface area contributed by atoms with Gasteiger partial charge in [-0.2, -0.15) is 5.10 Å². The summed E-state index contributed by atoms with van der Waals surface area (Å²) < 4.78 is 1.76. The number of nitrogens with zero attached hydrogens (tertiary/aromatic N) is 2. The lowest BCUT2D eigenvalue weighted by Gasteiger charge is -2.15. The van der Waals surface area contributed by atoms with E-state index in [0.29, 0.717) is 12.2 Å². The maximum Gasteiger partial charge on any atom is 0.319 e. The van der Waals surface area contributed by atoms with Crippen LogP contribution in [-0.2, 0) is 6.54 Å². The number of urea groups is 1. The Morgan fingerprint density at radius 3 is 2.86 bits per heavy atom. The zero-order valence-corrected chi connectivity index (χ0v) is 12.2. The van der Waals surface area contributed by atoms with Crippen molar-refractivity contribution in [1.29, 1.82) is 0 Å². The molecule has 2 rings (SSSR count). The minimum Gasteiger partial charge on any atom is -0.389 e. The largest absolute Gasteiger partial charge is 0.389 e. The molecular weight excluding hydrogens is 268 g/mol. The third kappa shape index (κ3) is 4.61. The van der Waals surface area contributed by atoms with E-state index in [9.17, 15) is 9.90 Å². The fourth-order valence-corrected chi connectivity index (χ4v) is 2.00. The van der Waals surface area contributed by atoms with Gasteiger partial charge in [-0.05, 0) is 37.6 Å². The van der Waals surface area contributed by atoms with Gasteiger partial charge in [0.2, 0.25) is 0 Å². The number of anilines is 1. The van der Waals surface area contributed by atoms with Crippen molar-refractivity contribution in [2.45, 2.75) is 32.5 Å². The Bertz CT molecular complexity index is 581. The normalized spacial score (nSPS) is 13.5. The first-order chi connectivity index (χ1) is 10.0. The van der Waals surface area contributed by atoms with Crippen LogP contribution in [0.15, 0.2) is 42.7 Å². The fourth-order valence-electron chi connectivity index (χ4n) is 2.00. The van der Waals surface area contributed by atoms with Gasteiger partial charge in [-0.15, -0.1) is 0 Å². The molecule has 0 aliphatic rings. The number of benzene rings is 1. The van der Waals surface area contributed by atoms with Gasteiger partial charge in [-0.3, -0.25) is 4.68 Å². The van der Waals surface area contributed by atoms with Crippen molar-refractivity contribution in [3.05, 3.63) is 48.3 Å². The number of carbonyl (C=O) groups excluding carboxylic acids is 1. The standard InChI is InChI=1S/C15H20N4O2/c1-11(10-19-8-4-7-16-19)17-15(21)18-14-6-3-5-13(9-14)12(2)20/h3-9,11-12,20H,10H2,1-2H3,(H2,17,18,21). The SMILES string of the molecule is CC(Cn1cccn1)NC(=O)Nc1cccc(C(C)O)c1. The Morgan fingerprint density at radius 2 is 2.19 bits per heavy atom. The molecule has 6 nitrogen and oxygen atoms in total. The van der Waals surface area contributed by atoms with Gasteiger partial charge in [0.25, 0.3) is 0 Å². The predicted molar refractivity (Wildman–Crippen MR) is 80.9 cm³/mol. The van der Waals surface area contributed by atoms with Gasteiger partial charge in [-0.1, -0.05) is 12.1 Å². The number of rotatable bonds is 5. The van der Waals surface area contributed by atoms with Crippen LogP contribution in [0.3, 0.4) is 0 Å². The molecule has 3 N–H and O–H groups in total. The Hall–Kier alpha value is -2.34. The molecule has 0 saturated heterocycles. The van der Waals surface area contributed by atoms with Crippen LogP contribution >= 0.6 is 0 Å². The summed E-state index contributed by atoms with van der Waals surface area (Å²) in [6.07, 6.45) is 2.99. The van der Waals surface area contributed by atoms with E-state index in [-0.39, 0.29) is 12.1 Å². The quantitative estimate of drug-likeness (QED) is 0.788. The van der Waals surface area contributed by atoms with Gasteiger partial charge in [0.1, 0.15) is 0 Å². The minimum absolute atomic E-state index is 0.0511. The van der Waals surface area contributed by atoms with E-state index in [4.69, 9.17) is 0 Å². The summed E-state index contributed by atoms with van der Waals surface area (Å²) in [5, 5.41) is 19.2. The Kier molecular flexibility index (Phi) is 4.94. The molecular formula is C15H20N4O2. The van der Waals surface area contributed by atoms with E-state index in [1.54, 1.807) is 36.0 Å². The summed E-state index contributed by atoms with van der Waals surface area (Å²) in [4.78, 5) is 11.9. The third-order valence-corrected chi connectivity index (χ3v) is 3.02. The summed E-state index contributed by atoms with van der Waals surface area (Å²) in [6.45, 7) is 4.20. The number of hydrogen-bond donors (Lipinski definition) is 3. The fraction of sp³-hybridized carbons (Fsp3) is 0.333. The lowest BCUT2D eigenvalue weighted by molar-refractivity contribution is 0.199. The minimum atomic E-state index is -0.562. The Labute approximate surface area is 123 Å². The van der Waals surface area contributed by atoms with Crippen LogP contribution < -0.4 is 10.6 Å². The molecule has 0 spiro atoms. The van der Waals surface area contributed by atoms with Crippen LogP contribution in [0.2, 0.25) is 0 Å². The van der Waals surface area contributed by atoms with E-state index in [1.165, 1.54) is 0 Å². The smallest absolute Gasteiger partial charge is 0.319 e. The predicted octanol–water partition coefficient (Wildman–Crippen LogP) is 2.15. The number of aliphatic hydroxyl groups is 1. The molecule has 0 bridgehead atoms. The van der Waals surface area contributed by atoms with Crippen LogP contribution in [0.25, 0.3) is 0 Å². The van der Waals surface area contributed by atoms with Crippen LogP contribution in [0, 0.1) is 0 Å². The summed E-state index contributed by atoms with van der Waals surface area (Å²) in [5.74, 6) is 0. The zero-order valence-electron chi connectivity index (χ0n) is 12.2. The molecule has 6 heteroatoms. The molecule has 1 aromatic heterocycles. The average molecular weight is 288 g/mol. The van der Waals surface area contributed by atoms with Gasteiger partial charge >= 0.3 is 6.03 Å². The maximum atomic E-state index is 11.9. The third-order valence-electron chi connectivity index (χ3n) is 3.02. The topological polar surface area (TPSA) is 79.2 Å². The number of hydrogen-bond acceptors (Lipinski definition) is 3. The molecule has 1 heterocycles. The van der Waals surface area contributed by atoms with Gasteiger partial charge < -0.3 is 15.7 Å². The molecule has 0 aliphatic heterocycles. The summed E-state index contributed by atoms with van der Waals surface area (Å²) in [5.41, 5.74) is 1.41. The van der Waals surface area contributed by atoms with Crippen LogP contribution in [0.1, 0.15) is 25.5 Å². The summed E-state index contributed by atoms with van der Waals surface area (Å²) in [6, 6.07) is 8.65. The highest BCUT2D eigenvalue weighted by atomic mass is 16.3. The second-order valence-corrected chi connectivity index (χ2v) is 5.03. The van der Waals surface area contributed by atoms with E-state index < -0.39 is 6.10 Å². The van der Waals surface area contributed by atoms with Crippen LogP contribution in [0.4, 0.5) is 10.5 Å². The van der Waals surface area contributed by atoms with Crippen molar-refractivity contribution in [1.82, 2.24) is 15.1 Å². The zero-order chi connectivity index (χ0) is 15.2. The lowest BCUT2D eigenvalue weighted by atomic mass is 10.1. The Balaban J connectivity index is 1.88. The molecule has 2 aromatic rings. The highest BCUT2D eigenvalue weighted by Crippen LogP contribution is 2.16. The summed E-state index contributed by atoms with van der Waals surface area (Å²) in [7, 11) is 0. The summed E-state index contributed by atoms with van der Waals surface area (Å²) >= 11 is 0. The molecule has 1 aromatic carbocycles. The van der Waals surface area contributed by atoms with Crippen LogP contribution in [-0.4, -0.2) is 27.0 Å². The molecule has 2 amide bonds. The number of nitrogens with one attached hydrogen (secondary N) is 2. The monoisotopic (exact) mass is 288 g/mol. The molecule has 21 heavy (non-hydrogen) atoms. The molecule has 2 atom stereocenters. The van der Waals surface area contributed by atoms with Crippen molar-refractivity contribution in [2.75, 3.05) is 5.32 Å². The highest BCUT2D eigenvalue weighted by molar-refractivity contribution is 5.89. The van der Waals surface area contributed by atoms with E-state index in [2.05, 4.69) is 15.7 Å². The van der Waals surface area contributed by atoms with E-state index in [1.807, 2.05) is 25.3 Å². The van der Waals surface area contributed by atoms with Gasteiger partial charge in [0.15, 0.2) is 0 Å². The maximum absolute atomic E-state index is 11.9. The number of aliphatic hydroxyl groups excluding tert-OH is 1. The first kappa shape index (κ1) is 15.1. The molecule has 0 radical (unpaired) electrons. The first-order valence-corrected chi connectivity index (χ1v) is 6.87. The number of carbonyl (C=O) groups is 1. The molecule has 0 saturated carbocycles. The molecule has 112 valence electrons. The van der Waals surface area contributed by atoms with Gasteiger partial charge in [0.05, 0.1) is 12.6 Å². The second-order valence-electron chi connectivity index (χ2n) is 5.03. The first-order valence-electron chi connectivity index (χ1n) is 6.87. The number of aromatic nitrogens is 2. The van der Waals surface area contributed by atoms with Crippen molar-refractivity contribution >= 4 is 11.7 Å². The van der Waals surface area contributed by atoms with E-state index in [0.717, 1.165) is 5.56 Å². The lowest BCUT2D eigenvalue weighted by Crippen LogP contribution is -2.38.